The molecule has 3 N–H and O–H groups in total. The van der Waals surface area contributed by atoms with Crippen LogP contribution >= 0.6 is 0 Å². The lowest BCUT2D eigenvalue weighted by atomic mass is 10.2. The third kappa shape index (κ3) is 6.20. The van der Waals surface area contributed by atoms with Gasteiger partial charge in [-0.3, -0.25) is 14.9 Å². The maximum absolute atomic E-state index is 13.9. The maximum Gasteiger partial charge on any atom is 0.188 e. The molecule has 6 nitrogen and oxygen atoms in total. The van der Waals surface area contributed by atoms with Crippen molar-refractivity contribution >= 4 is 11.6 Å². The number of nitrogens with one attached hydrogen (secondary N) is 1. The molecule has 0 radical (unpaired) electrons. The van der Waals surface area contributed by atoms with Gasteiger partial charge in [0.25, 0.3) is 0 Å². The van der Waals surface area contributed by atoms with Crippen molar-refractivity contribution in [1.82, 2.24) is 15.2 Å². The highest BCUT2D eigenvalue weighted by Gasteiger charge is 2.18. The Kier molecular flexibility index (Phi) is 7.61. The number of nitrogens with two attached hydrogens (primary N) is 1. The summed E-state index contributed by atoms with van der Waals surface area (Å²) in [5.74, 6) is 0.344. The van der Waals surface area contributed by atoms with Gasteiger partial charge in [0.05, 0.1) is 5.69 Å². The van der Waals surface area contributed by atoms with Crippen LogP contribution in [0, 0.1) is 5.82 Å². The van der Waals surface area contributed by atoms with Crippen LogP contribution in [-0.2, 0) is 6.42 Å². The summed E-state index contributed by atoms with van der Waals surface area (Å²) in [5, 5.41) is 3.13. The molecule has 2 aromatic rings. The molecule has 0 amide bonds. The van der Waals surface area contributed by atoms with Crippen LogP contribution in [0.3, 0.4) is 0 Å². The van der Waals surface area contributed by atoms with Gasteiger partial charge in [-0.25, -0.2) is 4.39 Å². The fourth-order valence-electron chi connectivity index (χ4n) is 3.33. The Balaban J connectivity index is 1.29. The largest absolute Gasteiger partial charge is 0.370 e. The second-order valence-electron chi connectivity index (χ2n) is 6.90. The van der Waals surface area contributed by atoms with Crippen molar-refractivity contribution < 1.29 is 4.39 Å². The molecule has 1 aromatic carbocycles. The Morgan fingerprint density at radius 2 is 1.89 bits per heavy atom. The quantitative estimate of drug-likeness (QED) is 0.413. The summed E-state index contributed by atoms with van der Waals surface area (Å²) in [4.78, 5) is 13.2. The molecular formula is C21H29FN6. The summed E-state index contributed by atoms with van der Waals surface area (Å²) in [6, 6.07) is 12.9. The third-order valence-corrected chi connectivity index (χ3v) is 4.89. The van der Waals surface area contributed by atoms with Gasteiger partial charge in [0.1, 0.15) is 5.82 Å². The molecule has 28 heavy (non-hydrogen) atoms. The van der Waals surface area contributed by atoms with Crippen LogP contribution in [0.1, 0.15) is 12.1 Å². The van der Waals surface area contributed by atoms with E-state index >= 15 is 0 Å². The monoisotopic (exact) mass is 384 g/mol. The van der Waals surface area contributed by atoms with Gasteiger partial charge < -0.3 is 16.0 Å². The van der Waals surface area contributed by atoms with Crippen LogP contribution in [0.5, 0.6) is 0 Å². The van der Waals surface area contributed by atoms with Gasteiger partial charge in [-0.15, -0.1) is 0 Å². The lowest BCUT2D eigenvalue weighted by Crippen LogP contribution is -2.47. The summed E-state index contributed by atoms with van der Waals surface area (Å²) < 4.78 is 13.9. The zero-order valence-corrected chi connectivity index (χ0v) is 16.2. The smallest absolute Gasteiger partial charge is 0.188 e. The van der Waals surface area contributed by atoms with Crippen molar-refractivity contribution in [3.63, 3.8) is 0 Å². The van der Waals surface area contributed by atoms with Gasteiger partial charge in [-0.1, -0.05) is 18.2 Å². The average Bonchev–Trinajstić information content (AvgIpc) is 2.73. The molecule has 0 bridgehead atoms. The Morgan fingerprint density at radius 1 is 1.11 bits per heavy atom. The summed E-state index contributed by atoms with van der Waals surface area (Å²) in [5.41, 5.74) is 7.66. The van der Waals surface area contributed by atoms with Crippen molar-refractivity contribution in [1.29, 1.82) is 0 Å². The predicted molar refractivity (Wildman–Crippen MR) is 112 cm³/mol. The molecule has 1 aliphatic rings. The number of benzene rings is 1. The maximum atomic E-state index is 13.9. The molecule has 0 atom stereocenters. The van der Waals surface area contributed by atoms with Crippen LogP contribution in [0.25, 0.3) is 0 Å². The number of pyridine rings is 1. The predicted octanol–water partition coefficient (Wildman–Crippen LogP) is 1.88. The average molecular weight is 385 g/mol. The minimum Gasteiger partial charge on any atom is -0.370 e. The Bertz CT molecular complexity index is 744. The molecule has 0 unspecified atom stereocenters. The highest BCUT2D eigenvalue weighted by Crippen LogP contribution is 2.20. The van der Waals surface area contributed by atoms with E-state index in [1.165, 1.54) is 6.07 Å². The van der Waals surface area contributed by atoms with E-state index in [1.807, 2.05) is 30.3 Å². The Morgan fingerprint density at radius 3 is 2.64 bits per heavy atom. The number of aliphatic imine (C=N–C) groups is 1. The molecule has 7 heteroatoms. The van der Waals surface area contributed by atoms with Crippen LogP contribution < -0.4 is 16.0 Å². The fourth-order valence-corrected chi connectivity index (χ4v) is 3.33. The number of nitrogens with zero attached hydrogens (tertiary/aromatic N) is 4. The topological polar surface area (TPSA) is 69.8 Å². The van der Waals surface area contributed by atoms with Gasteiger partial charge in [0.15, 0.2) is 5.96 Å². The van der Waals surface area contributed by atoms with Crippen molar-refractivity contribution in [3.05, 3.63) is 60.2 Å². The molecule has 3 rings (SSSR count). The van der Waals surface area contributed by atoms with Crippen molar-refractivity contribution in [2.24, 2.45) is 10.7 Å². The highest BCUT2D eigenvalue weighted by molar-refractivity contribution is 5.77. The normalized spacial score (nSPS) is 15.6. The first kappa shape index (κ1) is 20.1. The minimum atomic E-state index is -0.142. The molecule has 2 heterocycles. The van der Waals surface area contributed by atoms with Gasteiger partial charge in [0, 0.05) is 64.1 Å². The standard InChI is InChI=1S/C21H29FN6/c22-19-7-1-2-8-20(19)28-16-14-27(15-17-28)13-5-11-25-21(23)26-12-9-18-6-3-4-10-24-18/h1-4,6-8,10H,5,9,11-17H2,(H3,23,25,26). The highest BCUT2D eigenvalue weighted by atomic mass is 19.1. The van der Waals surface area contributed by atoms with Gasteiger partial charge in [0.2, 0.25) is 0 Å². The third-order valence-electron chi connectivity index (χ3n) is 4.89. The Labute approximate surface area is 166 Å². The van der Waals surface area contributed by atoms with E-state index in [4.69, 9.17) is 5.73 Å². The molecule has 150 valence electrons. The first-order valence-corrected chi connectivity index (χ1v) is 9.88. The molecule has 1 aromatic heterocycles. The van der Waals surface area contributed by atoms with E-state index in [1.54, 1.807) is 12.3 Å². The number of hydrogen-bond donors (Lipinski definition) is 2. The number of rotatable bonds is 8. The van der Waals surface area contributed by atoms with E-state index in [0.29, 0.717) is 18.2 Å². The molecular weight excluding hydrogens is 355 g/mol. The van der Waals surface area contributed by atoms with Crippen LogP contribution in [0.4, 0.5) is 10.1 Å². The zero-order chi connectivity index (χ0) is 19.6. The number of anilines is 1. The van der Waals surface area contributed by atoms with Gasteiger partial charge in [-0.2, -0.15) is 0 Å². The van der Waals surface area contributed by atoms with Gasteiger partial charge >= 0.3 is 0 Å². The second-order valence-corrected chi connectivity index (χ2v) is 6.90. The van der Waals surface area contributed by atoms with Crippen LogP contribution in [-0.4, -0.2) is 61.7 Å². The van der Waals surface area contributed by atoms with Crippen LogP contribution in [0.2, 0.25) is 0 Å². The minimum absolute atomic E-state index is 0.142. The molecule has 1 saturated heterocycles. The molecule has 0 spiro atoms. The van der Waals surface area contributed by atoms with E-state index in [9.17, 15) is 4.39 Å². The summed E-state index contributed by atoms with van der Waals surface area (Å²) in [6.45, 7) is 5.99. The van der Waals surface area contributed by atoms with E-state index in [0.717, 1.165) is 57.8 Å². The Hall–Kier alpha value is -2.67. The number of guanidine groups is 1. The zero-order valence-electron chi connectivity index (χ0n) is 16.2. The number of piperazine rings is 1. The molecule has 0 aliphatic carbocycles. The summed E-state index contributed by atoms with van der Waals surface area (Å²) in [7, 11) is 0. The van der Waals surface area contributed by atoms with E-state index < -0.39 is 0 Å². The van der Waals surface area contributed by atoms with E-state index in [2.05, 4.69) is 25.1 Å². The van der Waals surface area contributed by atoms with E-state index in [-0.39, 0.29) is 5.82 Å². The van der Waals surface area contributed by atoms with Gasteiger partial charge in [-0.05, 0) is 30.7 Å². The molecule has 0 saturated carbocycles. The number of para-hydroxylation sites is 1. The second kappa shape index (κ2) is 10.6. The van der Waals surface area contributed by atoms with Crippen LogP contribution in [0.15, 0.2) is 53.7 Å². The van der Waals surface area contributed by atoms with Crippen molar-refractivity contribution in [2.75, 3.05) is 50.7 Å². The number of aromatic nitrogens is 1. The lowest BCUT2D eigenvalue weighted by molar-refractivity contribution is 0.256. The molecule has 1 fully saturated rings. The molecule has 1 aliphatic heterocycles. The fraction of sp³-hybridized carbons (Fsp3) is 0.429. The summed E-state index contributed by atoms with van der Waals surface area (Å²) >= 11 is 0. The van der Waals surface area contributed by atoms with Crippen molar-refractivity contribution in [3.8, 4) is 0 Å². The first-order valence-electron chi connectivity index (χ1n) is 9.88. The first-order chi connectivity index (χ1) is 13.7. The van der Waals surface area contributed by atoms with Crippen molar-refractivity contribution in [2.45, 2.75) is 12.8 Å². The number of halogens is 1. The lowest BCUT2D eigenvalue weighted by Gasteiger charge is -2.36. The SMILES string of the molecule is NC(=NCCCN1CCN(c2ccccc2F)CC1)NCCc1ccccn1. The summed E-state index contributed by atoms with van der Waals surface area (Å²) in [6.07, 6.45) is 3.58. The number of hydrogen-bond acceptors (Lipinski definition) is 4.